The van der Waals surface area contributed by atoms with Gasteiger partial charge in [-0.25, -0.2) is 4.98 Å². The van der Waals surface area contributed by atoms with Gasteiger partial charge in [-0.05, 0) is 24.8 Å². The van der Waals surface area contributed by atoms with Crippen LogP contribution in [0.4, 0.5) is 4.39 Å². The lowest BCUT2D eigenvalue weighted by Crippen LogP contribution is -2.29. The van der Waals surface area contributed by atoms with Crippen molar-refractivity contribution in [1.29, 1.82) is 0 Å². The fourth-order valence-corrected chi connectivity index (χ4v) is 4.59. The van der Waals surface area contributed by atoms with E-state index in [4.69, 9.17) is 4.98 Å². The molecule has 6 heteroatoms. The monoisotopic (exact) mass is 384 g/mol. The van der Waals surface area contributed by atoms with E-state index >= 15 is 0 Å². The number of benzene rings is 1. The summed E-state index contributed by atoms with van der Waals surface area (Å²) in [4.78, 5) is 19.2. The van der Waals surface area contributed by atoms with Crippen LogP contribution >= 0.6 is 0 Å². The van der Waals surface area contributed by atoms with Crippen molar-refractivity contribution in [3.63, 3.8) is 0 Å². The molecule has 0 bridgehead atoms. The Morgan fingerprint density at radius 2 is 1.93 bits per heavy atom. The van der Waals surface area contributed by atoms with Gasteiger partial charge >= 0.3 is 0 Å². The summed E-state index contributed by atoms with van der Waals surface area (Å²) in [5.74, 6) is 1.86. The number of aromatic nitrogens is 3. The van der Waals surface area contributed by atoms with Crippen LogP contribution in [-0.4, -0.2) is 45.8 Å². The summed E-state index contributed by atoms with van der Waals surface area (Å²) in [6.07, 6.45) is 7.20. The van der Waals surface area contributed by atoms with Gasteiger partial charge in [0, 0.05) is 37.3 Å². The maximum Gasteiger partial charge on any atom is 0.222 e. The lowest BCUT2D eigenvalue weighted by molar-refractivity contribution is -0.130. The van der Waals surface area contributed by atoms with Crippen molar-refractivity contribution in [1.82, 2.24) is 20.1 Å². The highest BCUT2D eigenvalue weighted by atomic mass is 19.1. The van der Waals surface area contributed by atoms with E-state index in [1.807, 2.05) is 30.3 Å². The number of aryl methyl sites for hydroxylation is 1. The van der Waals surface area contributed by atoms with Gasteiger partial charge in [-0.2, -0.15) is 5.10 Å². The second kappa shape index (κ2) is 8.84. The van der Waals surface area contributed by atoms with E-state index in [-0.39, 0.29) is 17.7 Å². The maximum absolute atomic E-state index is 13.7. The van der Waals surface area contributed by atoms with E-state index in [1.165, 1.54) is 19.3 Å². The zero-order valence-corrected chi connectivity index (χ0v) is 16.3. The van der Waals surface area contributed by atoms with Crippen LogP contribution in [0.5, 0.6) is 0 Å². The Kier molecular flexibility index (Phi) is 6.03. The molecule has 1 aromatic carbocycles. The number of aromatic amines is 1. The lowest BCUT2D eigenvalue weighted by Gasteiger charge is -2.18. The third-order valence-corrected chi connectivity index (χ3v) is 6.30. The van der Waals surface area contributed by atoms with Crippen LogP contribution in [-0.2, 0) is 11.2 Å². The van der Waals surface area contributed by atoms with Crippen molar-refractivity contribution in [3.05, 3.63) is 47.5 Å². The first kappa shape index (κ1) is 19.1. The second-order valence-corrected chi connectivity index (χ2v) is 8.22. The van der Waals surface area contributed by atoms with Gasteiger partial charge in [-0.1, -0.05) is 49.6 Å². The Bertz CT molecular complexity index is 772. The number of carbonyl (C=O) groups is 1. The highest BCUT2D eigenvalue weighted by Gasteiger charge is 2.38. The van der Waals surface area contributed by atoms with Gasteiger partial charge in [0.1, 0.15) is 5.82 Å². The number of hydrogen-bond donors (Lipinski definition) is 1. The van der Waals surface area contributed by atoms with Crippen LogP contribution in [0.1, 0.15) is 67.6 Å². The number of likely N-dealkylation sites (tertiary alicyclic amines) is 1. The zero-order chi connectivity index (χ0) is 19.3. The zero-order valence-electron chi connectivity index (χ0n) is 16.3. The average molecular weight is 384 g/mol. The summed E-state index contributed by atoms with van der Waals surface area (Å²) in [5, 5.41) is 7.50. The molecule has 150 valence electrons. The number of alkyl halides is 1. The van der Waals surface area contributed by atoms with Gasteiger partial charge in [0.05, 0.1) is 6.67 Å². The minimum Gasteiger partial charge on any atom is -0.342 e. The highest BCUT2D eigenvalue weighted by Crippen LogP contribution is 2.34. The van der Waals surface area contributed by atoms with E-state index in [0.29, 0.717) is 25.4 Å². The minimum absolute atomic E-state index is 0.0875. The number of carbonyl (C=O) groups excluding carboxylic acids is 1. The minimum atomic E-state index is -0.438. The third-order valence-electron chi connectivity index (χ3n) is 6.30. The normalized spacial score (nSPS) is 23.2. The van der Waals surface area contributed by atoms with Crippen LogP contribution in [0.15, 0.2) is 30.3 Å². The number of halogens is 1. The molecular weight excluding hydrogens is 355 g/mol. The van der Waals surface area contributed by atoms with E-state index in [1.54, 1.807) is 4.90 Å². The first-order valence-electron chi connectivity index (χ1n) is 10.5. The van der Waals surface area contributed by atoms with Crippen molar-refractivity contribution in [2.75, 3.05) is 19.8 Å². The van der Waals surface area contributed by atoms with E-state index in [0.717, 1.165) is 36.5 Å². The van der Waals surface area contributed by atoms with Crippen molar-refractivity contribution in [2.24, 2.45) is 5.92 Å². The number of nitrogens with one attached hydrogen (secondary N) is 1. The molecule has 2 aromatic rings. The van der Waals surface area contributed by atoms with E-state index in [9.17, 15) is 9.18 Å². The molecule has 1 saturated carbocycles. The lowest BCUT2D eigenvalue weighted by atomic mass is 9.89. The van der Waals surface area contributed by atoms with Crippen molar-refractivity contribution in [2.45, 2.75) is 56.8 Å². The summed E-state index contributed by atoms with van der Waals surface area (Å²) < 4.78 is 13.7. The summed E-state index contributed by atoms with van der Waals surface area (Å²) >= 11 is 0. The summed E-state index contributed by atoms with van der Waals surface area (Å²) in [5.41, 5.74) is 1.15. The Morgan fingerprint density at radius 3 is 2.68 bits per heavy atom. The summed E-state index contributed by atoms with van der Waals surface area (Å²) in [7, 11) is 0. The van der Waals surface area contributed by atoms with Crippen molar-refractivity contribution >= 4 is 5.91 Å². The maximum atomic E-state index is 13.7. The number of rotatable bonds is 6. The number of nitrogens with zero attached hydrogens (tertiary/aromatic N) is 3. The Hall–Kier alpha value is -2.24. The van der Waals surface area contributed by atoms with Gasteiger partial charge in [0.15, 0.2) is 5.82 Å². The molecule has 1 aliphatic heterocycles. The summed E-state index contributed by atoms with van der Waals surface area (Å²) in [6.45, 7) is 0.558. The molecule has 1 saturated heterocycles. The first-order valence-corrected chi connectivity index (χ1v) is 10.5. The molecule has 1 aromatic heterocycles. The van der Waals surface area contributed by atoms with Gasteiger partial charge in [-0.3, -0.25) is 14.3 Å². The van der Waals surface area contributed by atoms with Crippen LogP contribution in [0, 0.1) is 5.92 Å². The van der Waals surface area contributed by atoms with Crippen LogP contribution < -0.4 is 0 Å². The highest BCUT2D eigenvalue weighted by molar-refractivity contribution is 5.77. The molecule has 28 heavy (non-hydrogen) atoms. The van der Waals surface area contributed by atoms with Crippen molar-refractivity contribution in [3.8, 4) is 0 Å². The van der Waals surface area contributed by atoms with Crippen LogP contribution in [0.25, 0.3) is 0 Å². The van der Waals surface area contributed by atoms with E-state index < -0.39 is 6.67 Å². The van der Waals surface area contributed by atoms with Gasteiger partial charge in [0.25, 0.3) is 0 Å². The average Bonchev–Trinajstić information content (AvgIpc) is 3.40. The summed E-state index contributed by atoms with van der Waals surface area (Å²) in [6, 6.07) is 10.0. The molecule has 0 radical (unpaired) electrons. The fraction of sp³-hybridized carbons (Fsp3) is 0.591. The molecule has 2 aliphatic rings. The largest absolute Gasteiger partial charge is 0.342 e. The smallest absolute Gasteiger partial charge is 0.222 e. The Labute approximate surface area is 165 Å². The SMILES string of the molecule is O=C(CCc1ccccc1)N1CC(CF)C(c2nc(C3CCCCC3)n[nH]2)C1. The molecule has 2 heterocycles. The fourth-order valence-electron chi connectivity index (χ4n) is 4.59. The van der Waals surface area contributed by atoms with Gasteiger partial charge < -0.3 is 4.90 Å². The van der Waals surface area contributed by atoms with Crippen LogP contribution in [0.3, 0.4) is 0 Å². The Balaban J connectivity index is 1.38. The molecule has 4 rings (SSSR count). The first-order chi connectivity index (χ1) is 13.7. The predicted molar refractivity (Wildman–Crippen MR) is 106 cm³/mol. The Morgan fingerprint density at radius 1 is 1.14 bits per heavy atom. The van der Waals surface area contributed by atoms with Crippen molar-refractivity contribution < 1.29 is 9.18 Å². The molecule has 1 amide bonds. The molecule has 5 nitrogen and oxygen atoms in total. The van der Waals surface area contributed by atoms with Crippen LogP contribution in [0.2, 0.25) is 0 Å². The number of H-pyrrole nitrogens is 1. The molecule has 2 fully saturated rings. The topological polar surface area (TPSA) is 61.9 Å². The van der Waals surface area contributed by atoms with Gasteiger partial charge in [-0.15, -0.1) is 0 Å². The number of hydrogen-bond acceptors (Lipinski definition) is 3. The van der Waals surface area contributed by atoms with Gasteiger partial charge in [0.2, 0.25) is 5.91 Å². The molecule has 1 aliphatic carbocycles. The number of amides is 1. The molecule has 0 spiro atoms. The molecule has 2 unspecified atom stereocenters. The second-order valence-electron chi connectivity index (χ2n) is 8.22. The quantitative estimate of drug-likeness (QED) is 0.819. The molecular formula is C22H29FN4O. The predicted octanol–water partition coefficient (Wildman–Crippen LogP) is 4.00. The van der Waals surface area contributed by atoms with E-state index in [2.05, 4.69) is 10.2 Å². The molecule has 1 N–H and O–H groups in total. The molecule has 2 atom stereocenters. The third kappa shape index (κ3) is 4.26. The standard InChI is InChI=1S/C22H29FN4O/c23-13-18-14-27(20(28)12-11-16-7-3-1-4-8-16)15-19(18)22-24-21(25-26-22)17-9-5-2-6-10-17/h1,3-4,7-8,17-19H,2,5-6,9-15H2,(H,24,25,26).